The van der Waals surface area contributed by atoms with E-state index in [0.29, 0.717) is 18.0 Å². The summed E-state index contributed by atoms with van der Waals surface area (Å²) in [5, 5.41) is 6.43. The molecule has 1 aromatic rings. The molecule has 23 heavy (non-hydrogen) atoms. The molecule has 0 heterocycles. The normalized spacial score (nSPS) is 13.0. The lowest BCUT2D eigenvalue weighted by Gasteiger charge is -2.25. The lowest BCUT2D eigenvalue weighted by atomic mass is 9.86. The minimum atomic E-state index is -0.688. The summed E-state index contributed by atoms with van der Waals surface area (Å²) >= 11 is 0. The monoisotopic (exact) mass is 320 g/mol. The number of rotatable bonds is 8. The molecule has 0 spiro atoms. The van der Waals surface area contributed by atoms with E-state index in [1.165, 1.54) is 0 Å². The van der Waals surface area contributed by atoms with Gasteiger partial charge in [0.25, 0.3) is 0 Å². The Bertz CT molecular complexity index is 567. The van der Waals surface area contributed by atoms with E-state index in [4.69, 9.17) is 11.5 Å². The first-order chi connectivity index (χ1) is 10.7. The summed E-state index contributed by atoms with van der Waals surface area (Å²) in [5.41, 5.74) is 17.5. The van der Waals surface area contributed by atoms with Gasteiger partial charge in [-0.15, -0.1) is 0 Å². The first-order valence-corrected chi connectivity index (χ1v) is 8.40. The zero-order valence-corrected chi connectivity index (χ0v) is 15.4. The van der Waals surface area contributed by atoms with Crippen LogP contribution in [-0.2, 0) is 12.8 Å². The van der Waals surface area contributed by atoms with Gasteiger partial charge in [-0.2, -0.15) is 4.91 Å². The van der Waals surface area contributed by atoms with Crippen molar-refractivity contribution in [2.24, 2.45) is 11.1 Å². The Labute approximate surface area is 140 Å². The molecular formula is C18H32N4O. The van der Waals surface area contributed by atoms with Gasteiger partial charge in [-0.25, -0.2) is 0 Å². The van der Waals surface area contributed by atoms with Gasteiger partial charge < -0.3 is 16.8 Å². The van der Waals surface area contributed by atoms with Crippen LogP contribution in [0.5, 0.6) is 0 Å². The molecule has 0 aliphatic heterocycles. The third kappa shape index (κ3) is 4.36. The predicted molar refractivity (Wildman–Crippen MR) is 101 cm³/mol. The summed E-state index contributed by atoms with van der Waals surface area (Å²) in [5.74, 6) is 0.535. The maximum Gasteiger partial charge on any atom is 0.101 e. The fourth-order valence-electron chi connectivity index (χ4n) is 3.17. The van der Waals surface area contributed by atoms with Gasteiger partial charge in [0.05, 0.1) is 11.4 Å². The Kier molecular flexibility index (Phi) is 6.42. The summed E-state index contributed by atoms with van der Waals surface area (Å²) in [6.07, 6.45) is 3.68. The zero-order chi connectivity index (χ0) is 17.8. The van der Waals surface area contributed by atoms with Crippen molar-refractivity contribution in [3.8, 4) is 0 Å². The largest absolute Gasteiger partial charge is 0.398 e. The number of hydrogen-bond acceptors (Lipinski definition) is 5. The summed E-state index contributed by atoms with van der Waals surface area (Å²) in [6, 6.07) is 0. The molecule has 0 fully saturated rings. The summed E-state index contributed by atoms with van der Waals surface area (Å²) in [7, 11) is 1.85. The Hall–Kier alpha value is -1.78. The Balaban J connectivity index is 3.39. The van der Waals surface area contributed by atoms with Crippen LogP contribution in [0, 0.1) is 17.7 Å². The van der Waals surface area contributed by atoms with E-state index in [0.717, 1.165) is 47.3 Å². The molecule has 5 heteroatoms. The van der Waals surface area contributed by atoms with Crippen LogP contribution in [-0.4, -0.2) is 12.6 Å². The third-order valence-electron chi connectivity index (χ3n) is 4.52. The first-order valence-electron chi connectivity index (χ1n) is 8.40. The standard InChI is InChI=1S/C18H32N4O/c1-7-8-11(2)9-13-15(19)12(3)14(10-18(4,5)22-23)17(21-6)16(13)20/h11,21H,7-10,19-20H2,1-6H3. The van der Waals surface area contributed by atoms with Gasteiger partial charge in [0.15, 0.2) is 0 Å². The highest BCUT2D eigenvalue weighted by Crippen LogP contribution is 2.39. The van der Waals surface area contributed by atoms with Crippen LogP contribution >= 0.6 is 0 Å². The Morgan fingerprint density at radius 3 is 2.30 bits per heavy atom. The SMILES string of the molecule is CCCC(C)Cc1c(N)c(C)c(CC(C)(C)N=O)c(NC)c1N. The Morgan fingerprint density at radius 2 is 1.83 bits per heavy atom. The topological polar surface area (TPSA) is 93.5 Å². The quantitative estimate of drug-likeness (QED) is 0.492. The second-order valence-electron chi connectivity index (χ2n) is 7.21. The number of nitroso groups, excluding NO2 is 1. The number of hydrogen-bond donors (Lipinski definition) is 3. The van der Waals surface area contributed by atoms with Crippen molar-refractivity contribution in [2.45, 2.75) is 65.8 Å². The van der Waals surface area contributed by atoms with Crippen molar-refractivity contribution in [2.75, 3.05) is 23.8 Å². The summed E-state index contributed by atoms with van der Waals surface area (Å²) in [6.45, 7) is 10.1. The van der Waals surface area contributed by atoms with Gasteiger partial charge in [0.1, 0.15) is 5.54 Å². The molecule has 0 amide bonds. The molecule has 0 aliphatic rings. The van der Waals surface area contributed by atoms with E-state index < -0.39 is 5.54 Å². The van der Waals surface area contributed by atoms with E-state index in [9.17, 15) is 4.91 Å². The van der Waals surface area contributed by atoms with Crippen LogP contribution in [0.1, 0.15) is 57.2 Å². The van der Waals surface area contributed by atoms with Crippen LogP contribution in [0.3, 0.4) is 0 Å². The maximum atomic E-state index is 11.1. The fourth-order valence-corrected chi connectivity index (χ4v) is 3.17. The minimum absolute atomic E-state index is 0.512. The van der Waals surface area contributed by atoms with E-state index >= 15 is 0 Å². The smallest absolute Gasteiger partial charge is 0.101 e. The van der Waals surface area contributed by atoms with Crippen molar-refractivity contribution in [3.05, 3.63) is 21.6 Å². The average Bonchev–Trinajstić information content (AvgIpc) is 2.49. The van der Waals surface area contributed by atoms with Gasteiger partial charge in [-0.1, -0.05) is 31.9 Å². The molecule has 1 atom stereocenters. The highest BCUT2D eigenvalue weighted by Gasteiger charge is 2.26. The summed E-state index contributed by atoms with van der Waals surface area (Å²) in [4.78, 5) is 11.1. The molecule has 0 aromatic heterocycles. The number of nitrogens with two attached hydrogens (primary N) is 2. The molecule has 1 unspecified atom stereocenters. The number of nitrogens with one attached hydrogen (secondary N) is 1. The molecule has 0 radical (unpaired) electrons. The second kappa shape index (κ2) is 7.66. The van der Waals surface area contributed by atoms with E-state index in [-0.39, 0.29) is 0 Å². The highest BCUT2D eigenvalue weighted by atomic mass is 16.3. The molecule has 5 nitrogen and oxygen atoms in total. The van der Waals surface area contributed by atoms with Crippen LogP contribution in [0.4, 0.5) is 17.1 Å². The van der Waals surface area contributed by atoms with Crippen molar-refractivity contribution in [3.63, 3.8) is 0 Å². The molecule has 1 aromatic carbocycles. The van der Waals surface area contributed by atoms with Crippen molar-refractivity contribution in [1.82, 2.24) is 0 Å². The van der Waals surface area contributed by atoms with Crippen LogP contribution in [0.15, 0.2) is 5.18 Å². The first kappa shape index (κ1) is 19.3. The third-order valence-corrected chi connectivity index (χ3v) is 4.52. The molecule has 5 N–H and O–H groups in total. The molecule has 0 aliphatic carbocycles. The van der Waals surface area contributed by atoms with Gasteiger partial charge in [-0.3, -0.25) is 0 Å². The fraction of sp³-hybridized carbons (Fsp3) is 0.667. The van der Waals surface area contributed by atoms with Crippen molar-refractivity contribution in [1.29, 1.82) is 0 Å². The molecule has 0 bridgehead atoms. The van der Waals surface area contributed by atoms with E-state index in [1.807, 2.05) is 27.8 Å². The molecule has 1 rings (SSSR count). The number of nitrogen functional groups attached to an aromatic ring is 2. The number of nitrogens with zero attached hydrogens (tertiary/aromatic N) is 1. The Morgan fingerprint density at radius 1 is 1.22 bits per heavy atom. The van der Waals surface area contributed by atoms with Gasteiger partial charge in [0.2, 0.25) is 0 Å². The lowest BCUT2D eigenvalue weighted by Crippen LogP contribution is -2.22. The lowest BCUT2D eigenvalue weighted by molar-refractivity contribution is 0.513. The molecular weight excluding hydrogens is 288 g/mol. The number of anilines is 3. The molecule has 130 valence electrons. The minimum Gasteiger partial charge on any atom is -0.398 e. The van der Waals surface area contributed by atoms with E-state index in [2.05, 4.69) is 24.3 Å². The van der Waals surface area contributed by atoms with Crippen LogP contribution < -0.4 is 16.8 Å². The highest BCUT2D eigenvalue weighted by molar-refractivity contribution is 5.82. The van der Waals surface area contributed by atoms with Crippen molar-refractivity contribution >= 4 is 17.1 Å². The van der Waals surface area contributed by atoms with Crippen LogP contribution in [0.2, 0.25) is 0 Å². The predicted octanol–water partition coefficient (Wildman–Crippen LogP) is 4.27. The molecule has 0 saturated heterocycles. The average molecular weight is 320 g/mol. The van der Waals surface area contributed by atoms with Gasteiger partial charge in [0, 0.05) is 24.7 Å². The van der Waals surface area contributed by atoms with Gasteiger partial charge >= 0.3 is 0 Å². The zero-order valence-electron chi connectivity index (χ0n) is 15.4. The van der Waals surface area contributed by atoms with E-state index in [1.54, 1.807) is 0 Å². The maximum absolute atomic E-state index is 11.1. The summed E-state index contributed by atoms with van der Waals surface area (Å²) < 4.78 is 0. The number of benzene rings is 1. The molecule has 0 saturated carbocycles. The van der Waals surface area contributed by atoms with Gasteiger partial charge in [-0.05, 0) is 44.2 Å². The van der Waals surface area contributed by atoms with Crippen molar-refractivity contribution < 1.29 is 0 Å². The second-order valence-corrected chi connectivity index (χ2v) is 7.21. The van der Waals surface area contributed by atoms with Crippen LogP contribution in [0.25, 0.3) is 0 Å².